The molecule has 7 nitrogen and oxygen atoms in total. The number of nitrogens with two attached hydrogens (primary N) is 2. The van der Waals surface area contributed by atoms with E-state index in [0.717, 1.165) is 43.0 Å². The third-order valence-corrected chi connectivity index (χ3v) is 5.48. The van der Waals surface area contributed by atoms with Crippen LogP contribution in [0.5, 0.6) is 0 Å². The number of carbonyl (C=O) groups excluding carboxylic acids is 1. The summed E-state index contributed by atoms with van der Waals surface area (Å²) in [6.07, 6.45) is 5.46. The molecule has 1 saturated carbocycles. The number of carbonyl (C=O) groups is 1. The lowest BCUT2D eigenvalue weighted by molar-refractivity contribution is 0.100. The number of primary amides is 1. The van der Waals surface area contributed by atoms with Gasteiger partial charge >= 0.3 is 0 Å². The van der Waals surface area contributed by atoms with Crippen LogP contribution in [0.1, 0.15) is 36.0 Å². The smallest absolute Gasteiger partial charge is 0.252 e. The van der Waals surface area contributed by atoms with E-state index in [-0.39, 0.29) is 29.3 Å². The Morgan fingerprint density at radius 2 is 1.84 bits per heavy atom. The van der Waals surface area contributed by atoms with Crippen molar-refractivity contribution in [1.29, 1.82) is 0 Å². The van der Waals surface area contributed by atoms with Crippen LogP contribution in [-0.4, -0.2) is 28.0 Å². The van der Waals surface area contributed by atoms with E-state index >= 15 is 0 Å². The van der Waals surface area contributed by atoms with Gasteiger partial charge in [-0.15, -0.1) is 0 Å². The average Bonchev–Trinajstić information content (AvgIpc) is 2.78. The van der Waals surface area contributed by atoms with Crippen molar-refractivity contribution >= 4 is 23.2 Å². The van der Waals surface area contributed by atoms with Gasteiger partial charge in [0.05, 0.1) is 11.3 Å². The highest BCUT2D eigenvalue weighted by atomic mass is 19.1. The Morgan fingerprint density at radius 3 is 2.58 bits per heavy atom. The first-order chi connectivity index (χ1) is 15.0. The summed E-state index contributed by atoms with van der Waals surface area (Å²) in [5.41, 5.74) is 14.0. The molecule has 1 fully saturated rings. The van der Waals surface area contributed by atoms with Gasteiger partial charge in [0.25, 0.3) is 5.91 Å². The van der Waals surface area contributed by atoms with Gasteiger partial charge in [-0.1, -0.05) is 43.2 Å². The standard InChI is InChI=1S/C23H25FN6O/c24-17-13-16(21(26)31)22(30-23(17)29-19-9-5-4-8-18(19)25)28-15-10-11-27-20(12-15)14-6-2-1-3-7-14/h1-3,6-7,10-13,18-19H,4-5,8-9,25H2,(H2,26,31)(H2,27,28,29,30)/t18-,19?/m0/s1. The number of aromatic nitrogens is 2. The number of nitrogens with zero attached hydrogens (tertiary/aromatic N) is 2. The quantitative estimate of drug-likeness (QED) is 0.482. The van der Waals surface area contributed by atoms with Gasteiger partial charge in [-0.25, -0.2) is 9.37 Å². The second-order valence-corrected chi connectivity index (χ2v) is 7.70. The van der Waals surface area contributed by atoms with Crippen molar-refractivity contribution in [2.24, 2.45) is 11.5 Å². The molecule has 1 unspecified atom stereocenters. The maximum atomic E-state index is 14.7. The second-order valence-electron chi connectivity index (χ2n) is 7.70. The fourth-order valence-electron chi connectivity index (χ4n) is 3.80. The molecule has 1 aliphatic carbocycles. The van der Waals surface area contributed by atoms with E-state index in [4.69, 9.17) is 11.5 Å². The normalized spacial score (nSPS) is 18.4. The summed E-state index contributed by atoms with van der Waals surface area (Å²) in [5.74, 6) is -1.19. The number of nitrogens with one attached hydrogen (secondary N) is 2. The Hall–Kier alpha value is -3.52. The maximum Gasteiger partial charge on any atom is 0.252 e. The minimum Gasteiger partial charge on any atom is -0.365 e. The van der Waals surface area contributed by atoms with E-state index in [1.54, 1.807) is 12.3 Å². The molecular formula is C23H25FN6O. The first kappa shape index (κ1) is 20.7. The molecule has 8 heteroatoms. The van der Waals surface area contributed by atoms with Gasteiger partial charge in [0.2, 0.25) is 0 Å². The summed E-state index contributed by atoms with van der Waals surface area (Å²) in [6.45, 7) is 0. The largest absolute Gasteiger partial charge is 0.365 e. The number of amides is 1. The lowest BCUT2D eigenvalue weighted by Crippen LogP contribution is -2.43. The molecule has 0 bridgehead atoms. The highest BCUT2D eigenvalue weighted by Crippen LogP contribution is 2.28. The van der Waals surface area contributed by atoms with Crippen LogP contribution in [-0.2, 0) is 0 Å². The molecule has 6 N–H and O–H groups in total. The summed E-state index contributed by atoms with van der Waals surface area (Å²) in [6, 6.07) is 14.2. The van der Waals surface area contributed by atoms with E-state index in [0.29, 0.717) is 5.69 Å². The van der Waals surface area contributed by atoms with Crippen molar-refractivity contribution in [2.75, 3.05) is 10.6 Å². The third-order valence-electron chi connectivity index (χ3n) is 5.48. The minimum atomic E-state index is -0.771. The van der Waals surface area contributed by atoms with E-state index in [9.17, 15) is 9.18 Å². The molecule has 2 aromatic heterocycles. The summed E-state index contributed by atoms with van der Waals surface area (Å²) < 4.78 is 14.7. The first-order valence-corrected chi connectivity index (χ1v) is 10.3. The molecule has 160 valence electrons. The molecule has 0 aliphatic heterocycles. The number of benzene rings is 1. The fourth-order valence-corrected chi connectivity index (χ4v) is 3.80. The van der Waals surface area contributed by atoms with Crippen molar-refractivity contribution < 1.29 is 9.18 Å². The zero-order valence-corrected chi connectivity index (χ0v) is 17.0. The fraction of sp³-hybridized carbons (Fsp3) is 0.261. The van der Waals surface area contributed by atoms with Gasteiger partial charge < -0.3 is 22.1 Å². The van der Waals surface area contributed by atoms with Crippen LogP contribution in [0.2, 0.25) is 0 Å². The Labute approximate surface area is 180 Å². The predicted octanol–water partition coefficient (Wildman–Crippen LogP) is 3.81. The number of halogens is 1. The van der Waals surface area contributed by atoms with Gasteiger partial charge in [-0.3, -0.25) is 9.78 Å². The Balaban J connectivity index is 1.64. The van der Waals surface area contributed by atoms with Crippen molar-refractivity contribution in [1.82, 2.24) is 9.97 Å². The summed E-state index contributed by atoms with van der Waals surface area (Å²) in [4.78, 5) is 20.7. The lowest BCUT2D eigenvalue weighted by atomic mass is 9.91. The Morgan fingerprint density at radius 1 is 1.06 bits per heavy atom. The molecule has 3 aromatic rings. The lowest BCUT2D eigenvalue weighted by Gasteiger charge is -2.30. The Bertz CT molecular complexity index is 1070. The van der Waals surface area contributed by atoms with Gasteiger partial charge in [0.15, 0.2) is 11.6 Å². The molecule has 1 amide bonds. The van der Waals surface area contributed by atoms with Crippen molar-refractivity contribution in [3.05, 3.63) is 66.1 Å². The molecule has 0 saturated heterocycles. The molecule has 2 heterocycles. The number of rotatable bonds is 6. The molecule has 0 spiro atoms. The summed E-state index contributed by atoms with van der Waals surface area (Å²) in [5, 5.41) is 6.20. The van der Waals surface area contributed by atoms with Crippen LogP contribution in [0.15, 0.2) is 54.7 Å². The number of anilines is 3. The second kappa shape index (κ2) is 9.09. The Kier molecular flexibility index (Phi) is 6.08. The van der Waals surface area contributed by atoms with Crippen molar-refractivity contribution in [3.63, 3.8) is 0 Å². The van der Waals surface area contributed by atoms with Gasteiger partial charge in [-0.05, 0) is 31.0 Å². The summed E-state index contributed by atoms with van der Waals surface area (Å²) >= 11 is 0. The zero-order chi connectivity index (χ0) is 21.8. The van der Waals surface area contributed by atoms with Crippen molar-refractivity contribution in [2.45, 2.75) is 37.8 Å². The highest BCUT2D eigenvalue weighted by molar-refractivity contribution is 5.98. The maximum absolute atomic E-state index is 14.7. The van der Waals surface area contributed by atoms with Gasteiger partial charge in [0, 0.05) is 29.5 Å². The molecular weight excluding hydrogens is 395 g/mol. The minimum absolute atomic E-state index is 0.0333. The van der Waals surface area contributed by atoms with Crippen LogP contribution in [0.4, 0.5) is 21.7 Å². The van der Waals surface area contributed by atoms with Gasteiger partial charge in [-0.2, -0.15) is 0 Å². The van der Waals surface area contributed by atoms with E-state index in [2.05, 4.69) is 20.6 Å². The molecule has 1 aliphatic rings. The topological polar surface area (TPSA) is 119 Å². The van der Waals surface area contributed by atoms with Crippen LogP contribution in [0.3, 0.4) is 0 Å². The van der Waals surface area contributed by atoms with Crippen LogP contribution >= 0.6 is 0 Å². The zero-order valence-electron chi connectivity index (χ0n) is 17.0. The predicted molar refractivity (Wildman–Crippen MR) is 120 cm³/mol. The SMILES string of the molecule is NC(=O)c1cc(F)c(NC2CCCC[C@@H]2N)nc1Nc1ccnc(-c2ccccc2)c1. The number of pyridine rings is 2. The van der Waals surface area contributed by atoms with Crippen LogP contribution < -0.4 is 22.1 Å². The molecule has 2 atom stereocenters. The molecule has 0 radical (unpaired) electrons. The van der Waals surface area contributed by atoms with Crippen LogP contribution in [0, 0.1) is 5.82 Å². The van der Waals surface area contributed by atoms with Gasteiger partial charge in [0.1, 0.15) is 5.82 Å². The van der Waals surface area contributed by atoms with E-state index < -0.39 is 11.7 Å². The third kappa shape index (κ3) is 4.80. The van der Waals surface area contributed by atoms with Crippen molar-refractivity contribution in [3.8, 4) is 11.3 Å². The van der Waals surface area contributed by atoms with E-state index in [1.165, 1.54) is 0 Å². The average molecular weight is 420 g/mol. The molecule has 1 aromatic carbocycles. The van der Waals surface area contributed by atoms with Crippen LogP contribution in [0.25, 0.3) is 11.3 Å². The number of hydrogen-bond donors (Lipinski definition) is 4. The molecule has 4 rings (SSSR count). The number of hydrogen-bond acceptors (Lipinski definition) is 6. The monoisotopic (exact) mass is 420 g/mol. The summed E-state index contributed by atoms with van der Waals surface area (Å²) in [7, 11) is 0. The highest BCUT2D eigenvalue weighted by Gasteiger charge is 2.24. The first-order valence-electron chi connectivity index (χ1n) is 10.3. The van der Waals surface area contributed by atoms with E-state index in [1.807, 2.05) is 36.4 Å². The molecule has 31 heavy (non-hydrogen) atoms.